The quantitative estimate of drug-likeness (QED) is 0.155. The first-order chi connectivity index (χ1) is 4.57. The van der Waals surface area contributed by atoms with Crippen molar-refractivity contribution in [1.29, 1.82) is 0 Å². The molecule has 0 rings (SSSR count). The van der Waals surface area contributed by atoms with Gasteiger partial charge in [0.25, 0.3) is 5.91 Å². The molecule has 0 radical (unpaired) electrons. The zero-order valence-corrected chi connectivity index (χ0v) is 5.35. The highest BCUT2D eigenvalue weighted by atomic mass is 19.1. The first-order valence-corrected chi connectivity index (χ1v) is 2.54. The molecule has 58 valence electrons. The van der Waals surface area contributed by atoms with Crippen molar-refractivity contribution < 1.29 is 14.0 Å². The van der Waals surface area contributed by atoms with Crippen LogP contribution in [0.5, 0.6) is 0 Å². The Morgan fingerprint density at radius 1 is 1.60 bits per heavy atom. The molecule has 10 heavy (non-hydrogen) atoms. The van der Waals surface area contributed by atoms with Gasteiger partial charge in [-0.3, -0.25) is 10.2 Å². The van der Waals surface area contributed by atoms with Crippen LogP contribution in [-0.2, 0) is 4.79 Å². The Bertz CT molecular complexity index is 149. The summed E-state index contributed by atoms with van der Waals surface area (Å²) in [5.74, 6) is 4.03. The molecule has 0 aromatic rings. The van der Waals surface area contributed by atoms with Crippen molar-refractivity contribution in [2.75, 3.05) is 0 Å². The van der Waals surface area contributed by atoms with Crippen LogP contribution >= 0.6 is 0 Å². The summed E-state index contributed by atoms with van der Waals surface area (Å²) in [4.78, 5) is 20.1. The topological polar surface area (TPSA) is 84.2 Å². The molecule has 0 fully saturated rings. The van der Waals surface area contributed by atoms with Gasteiger partial charge in [-0.2, -0.15) is 0 Å². The summed E-state index contributed by atoms with van der Waals surface area (Å²) in [5, 5.41) is 1.70. The number of halogens is 1. The van der Waals surface area contributed by atoms with Crippen molar-refractivity contribution >= 4 is 12.1 Å². The molecule has 0 saturated carbocycles. The summed E-state index contributed by atoms with van der Waals surface area (Å²) in [6.45, 7) is 1.31. The number of carbonyl (C=O) groups is 2. The smallest absolute Gasteiger partial charge is 0.316 e. The van der Waals surface area contributed by atoms with Gasteiger partial charge in [0.2, 0.25) is 0 Å². The Balaban J connectivity index is 3.72. The van der Waals surface area contributed by atoms with E-state index in [1.165, 1.54) is 6.92 Å². The Labute approximate surface area is 56.7 Å². The molecule has 2 amide bonds. The van der Waals surface area contributed by atoms with Crippen LogP contribution < -0.4 is 16.6 Å². The average Bonchev–Trinajstić information content (AvgIpc) is 1.85. The standard InChI is InChI=1S/C4H8FN3O2/c1-2(3(9)8-6)7-4(5)10/h2H,6H2,1H3,(H,7,10)(H,8,9). The van der Waals surface area contributed by atoms with Gasteiger partial charge in [-0.05, 0) is 6.92 Å². The third kappa shape index (κ3) is 2.98. The number of nitrogens with one attached hydrogen (secondary N) is 2. The summed E-state index contributed by atoms with van der Waals surface area (Å²) >= 11 is 0. The zero-order chi connectivity index (χ0) is 8.15. The molecule has 0 aliphatic rings. The van der Waals surface area contributed by atoms with E-state index in [-0.39, 0.29) is 0 Å². The van der Waals surface area contributed by atoms with Crippen LogP contribution in [0.2, 0.25) is 0 Å². The normalized spacial score (nSPS) is 11.9. The molecule has 0 spiro atoms. The van der Waals surface area contributed by atoms with Crippen LogP contribution in [0.4, 0.5) is 9.18 Å². The first-order valence-electron chi connectivity index (χ1n) is 2.54. The largest absolute Gasteiger partial charge is 0.398 e. The second-order valence-corrected chi connectivity index (χ2v) is 1.65. The van der Waals surface area contributed by atoms with Crippen molar-refractivity contribution in [2.45, 2.75) is 13.0 Å². The molecule has 0 aliphatic heterocycles. The fourth-order valence-corrected chi connectivity index (χ4v) is 0.361. The van der Waals surface area contributed by atoms with Gasteiger partial charge in [0.05, 0.1) is 0 Å². The maximum atomic E-state index is 11.5. The minimum Gasteiger partial charge on any atom is -0.316 e. The van der Waals surface area contributed by atoms with Crippen molar-refractivity contribution in [3.63, 3.8) is 0 Å². The number of hydrogen-bond acceptors (Lipinski definition) is 3. The summed E-state index contributed by atoms with van der Waals surface area (Å²) in [5.41, 5.74) is 1.75. The van der Waals surface area contributed by atoms with Crippen molar-refractivity contribution in [1.82, 2.24) is 10.7 Å². The van der Waals surface area contributed by atoms with Crippen molar-refractivity contribution in [2.24, 2.45) is 5.84 Å². The number of carbonyl (C=O) groups excluding carboxylic acids is 2. The van der Waals surface area contributed by atoms with Crippen LogP contribution in [0.15, 0.2) is 0 Å². The van der Waals surface area contributed by atoms with E-state index in [0.717, 1.165) is 0 Å². The number of hydrogen-bond donors (Lipinski definition) is 3. The zero-order valence-electron chi connectivity index (χ0n) is 5.35. The molecular weight excluding hydrogens is 141 g/mol. The van der Waals surface area contributed by atoms with Gasteiger partial charge in [-0.25, -0.2) is 10.6 Å². The van der Waals surface area contributed by atoms with Gasteiger partial charge >= 0.3 is 6.16 Å². The van der Waals surface area contributed by atoms with E-state index in [1.54, 1.807) is 10.7 Å². The lowest BCUT2D eigenvalue weighted by Crippen LogP contribution is -2.45. The second kappa shape index (κ2) is 3.78. The van der Waals surface area contributed by atoms with Crippen LogP contribution in [-0.4, -0.2) is 18.1 Å². The molecule has 0 saturated heterocycles. The fourth-order valence-electron chi connectivity index (χ4n) is 0.361. The summed E-state index contributed by atoms with van der Waals surface area (Å²) < 4.78 is 11.5. The molecule has 1 atom stereocenters. The van der Waals surface area contributed by atoms with E-state index in [9.17, 15) is 14.0 Å². The van der Waals surface area contributed by atoms with E-state index in [4.69, 9.17) is 0 Å². The minimum absolute atomic E-state index is 0.647. The van der Waals surface area contributed by atoms with Gasteiger partial charge in [0, 0.05) is 0 Å². The number of rotatable bonds is 2. The van der Waals surface area contributed by atoms with E-state index in [0.29, 0.717) is 0 Å². The van der Waals surface area contributed by atoms with Crippen LogP contribution in [0.25, 0.3) is 0 Å². The first kappa shape index (κ1) is 8.83. The van der Waals surface area contributed by atoms with Crippen molar-refractivity contribution in [3.8, 4) is 0 Å². The van der Waals surface area contributed by atoms with Gasteiger partial charge in [0.1, 0.15) is 6.04 Å². The summed E-state index contributed by atoms with van der Waals surface area (Å²) in [6.07, 6.45) is -1.75. The molecule has 5 nitrogen and oxygen atoms in total. The molecular formula is C4H8FN3O2. The molecule has 1 unspecified atom stereocenters. The lowest BCUT2D eigenvalue weighted by Gasteiger charge is -2.07. The van der Waals surface area contributed by atoms with Crippen molar-refractivity contribution in [3.05, 3.63) is 0 Å². The predicted octanol–water partition coefficient (Wildman–Crippen LogP) is -0.956. The Morgan fingerprint density at radius 3 is 2.40 bits per heavy atom. The molecule has 0 aromatic heterocycles. The lowest BCUT2D eigenvalue weighted by molar-refractivity contribution is -0.122. The van der Waals surface area contributed by atoms with E-state index in [2.05, 4.69) is 5.84 Å². The summed E-state index contributed by atoms with van der Waals surface area (Å²) in [6, 6.07) is -0.942. The van der Waals surface area contributed by atoms with E-state index >= 15 is 0 Å². The van der Waals surface area contributed by atoms with Crippen LogP contribution in [0.1, 0.15) is 6.92 Å². The third-order valence-electron chi connectivity index (χ3n) is 0.866. The average molecular weight is 149 g/mol. The monoisotopic (exact) mass is 149 g/mol. The van der Waals surface area contributed by atoms with Crippen LogP contribution in [0.3, 0.4) is 0 Å². The highest BCUT2D eigenvalue weighted by Gasteiger charge is 2.12. The third-order valence-corrected chi connectivity index (χ3v) is 0.866. The molecule has 4 N–H and O–H groups in total. The molecule has 6 heteroatoms. The highest BCUT2D eigenvalue weighted by Crippen LogP contribution is 1.81. The second-order valence-electron chi connectivity index (χ2n) is 1.65. The highest BCUT2D eigenvalue weighted by molar-refractivity contribution is 5.84. The number of hydrazine groups is 1. The van der Waals surface area contributed by atoms with Gasteiger partial charge in [-0.1, -0.05) is 0 Å². The molecule has 0 heterocycles. The maximum Gasteiger partial charge on any atom is 0.398 e. The Kier molecular flexibility index (Phi) is 3.34. The van der Waals surface area contributed by atoms with Crippen LogP contribution in [0, 0.1) is 0 Å². The Morgan fingerprint density at radius 2 is 2.10 bits per heavy atom. The maximum absolute atomic E-state index is 11.5. The molecule has 0 aromatic carbocycles. The minimum atomic E-state index is -1.75. The SMILES string of the molecule is CC(NC(=O)F)C(=O)NN. The fraction of sp³-hybridized carbons (Fsp3) is 0.500. The van der Waals surface area contributed by atoms with Gasteiger partial charge < -0.3 is 5.32 Å². The Hall–Kier alpha value is -1.17. The predicted molar refractivity (Wildman–Crippen MR) is 31.4 cm³/mol. The van der Waals surface area contributed by atoms with Gasteiger partial charge in [-0.15, -0.1) is 4.39 Å². The number of nitrogens with two attached hydrogens (primary N) is 1. The molecule has 0 aliphatic carbocycles. The summed E-state index contributed by atoms with van der Waals surface area (Å²) in [7, 11) is 0. The van der Waals surface area contributed by atoms with E-state index in [1.807, 2.05) is 0 Å². The number of amides is 2. The molecule has 0 bridgehead atoms. The van der Waals surface area contributed by atoms with Gasteiger partial charge in [0.15, 0.2) is 0 Å². The lowest BCUT2D eigenvalue weighted by atomic mass is 10.3. The van der Waals surface area contributed by atoms with E-state index < -0.39 is 18.1 Å².